The molecule has 2 unspecified atom stereocenters. The molecular weight excluding hydrogens is 164 g/mol. The Morgan fingerprint density at radius 3 is 2.69 bits per heavy atom. The Morgan fingerprint density at radius 2 is 2.23 bits per heavy atom. The van der Waals surface area contributed by atoms with E-state index < -0.39 is 0 Å². The first-order valence-corrected chi connectivity index (χ1v) is 5.10. The molecule has 0 radical (unpaired) electrons. The highest BCUT2D eigenvalue weighted by Gasteiger charge is 2.22. The van der Waals surface area contributed by atoms with Crippen LogP contribution in [0.1, 0.15) is 33.6 Å². The SMILES string of the molecule is CC(C)CC(C)NC1CNC(=O)C1. The molecule has 1 fully saturated rings. The molecule has 0 aromatic heterocycles. The van der Waals surface area contributed by atoms with Gasteiger partial charge in [0.15, 0.2) is 0 Å². The van der Waals surface area contributed by atoms with Gasteiger partial charge in [0.1, 0.15) is 0 Å². The molecule has 3 heteroatoms. The van der Waals surface area contributed by atoms with Crippen LogP contribution in [0.5, 0.6) is 0 Å². The summed E-state index contributed by atoms with van der Waals surface area (Å²) < 4.78 is 0. The van der Waals surface area contributed by atoms with Crippen molar-refractivity contribution in [2.75, 3.05) is 6.54 Å². The van der Waals surface area contributed by atoms with E-state index in [0.717, 1.165) is 6.54 Å². The van der Waals surface area contributed by atoms with Crippen LogP contribution in [0.15, 0.2) is 0 Å². The average molecular weight is 184 g/mol. The number of hydrogen-bond donors (Lipinski definition) is 2. The fourth-order valence-corrected chi connectivity index (χ4v) is 1.90. The Bertz CT molecular complexity index is 180. The first-order chi connectivity index (χ1) is 6.08. The van der Waals surface area contributed by atoms with E-state index in [1.165, 1.54) is 6.42 Å². The fourth-order valence-electron chi connectivity index (χ4n) is 1.90. The predicted molar refractivity (Wildman–Crippen MR) is 53.5 cm³/mol. The van der Waals surface area contributed by atoms with Crippen LogP contribution in [0, 0.1) is 5.92 Å². The lowest BCUT2D eigenvalue weighted by Gasteiger charge is -2.19. The van der Waals surface area contributed by atoms with E-state index in [0.29, 0.717) is 24.4 Å². The van der Waals surface area contributed by atoms with Crippen molar-refractivity contribution >= 4 is 5.91 Å². The normalized spacial score (nSPS) is 24.9. The van der Waals surface area contributed by atoms with Crippen LogP contribution < -0.4 is 10.6 Å². The molecule has 76 valence electrons. The molecule has 0 saturated carbocycles. The molecule has 3 nitrogen and oxygen atoms in total. The number of carbonyl (C=O) groups is 1. The summed E-state index contributed by atoms with van der Waals surface area (Å²) in [6, 6.07) is 0.860. The van der Waals surface area contributed by atoms with E-state index in [1.807, 2.05) is 0 Å². The van der Waals surface area contributed by atoms with Gasteiger partial charge in [-0.2, -0.15) is 0 Å². The lowest BCUT2D eigenvalue weighted by Crippen LogP contribution is -2.38. The second-order valence-electron chi connectivity index (χ2n) is 4.40. The Balaban J connectivity index is 2.20. The van der Waals surface area contributed by atoms with Gasteiger partial charge < -0.3 is 10.6 Å². The zero-order chi connectivity index (χ0) is 9.84. The minimum Gasteiger partial charge on any atom is -0.354 e. The lowest BCUT2D eigenvalue weighted by atomic mass is 10.0. The second-order valence-corrected chi connectivity index (χ2v) is 4.40. The topological polar surface area (TPSA) is 41.1 Å². The molecule has 0 aromatic carbocycles. The summed E-state index contributed by atoms with van der Waals surface area (Å²) >= 11 is 0. The zero-order valence-electron chi connectivity index (χ0n) is 8.76. The van der Waals surface area contributed by atoms with Gasteiger partial charge in [0.05, 0.1) is 0 Å². The maximum atomic E-state index is 10.9. The summed E-state index contributed by atoms with van der Waals surface area (Å²) in [6.07, 6.45) is 1.81. The van der Waals surface area contributed by atoms with Crippen LogP contribution in [0.4, 0.5) is 0 Å². The number of rotatable bonds is 4. The summed E-state index contributed by atoms with van der Waals surface area (Å²) in [5.74, 6) is 0.891. The smallest absolute Gasteiger partial charge is 0.221 e. The molecular formula is C10H20N2O. The second kappa shape index (κ2) is 4.61. The van der Waals surface area contributed by atoms with Crippen molar-refractivity contribution in [3.05, 3.63) is 0 Å². The first-order valence-electron chi connectivity index (χ1n) is 5.10. The molecule has 1 saturated heterocycles. The molecule has 13 heavy (non-hydrogen) atoms. The third kappa shape index (κ3) is 3.77. The van der Waals surface area contributed by atoms with Crippen LogP contribution in [-0.2, 0) is 4.79 Å². The number of nitrogens with one attached hydrogen (secondary N) is 2. The summed E-state index contributed by atoms with van der Waals surface area (Å²) in [5, 5.41) is 6.28. The Hall–Kier alpha value is -0.570. The Labute approximate surface area is 80.3 Å². The summed E-state index contributed by atoms with van der Waals surface area (Å²) in [4.78, 5) is 10.9. The lowest BCUT2D eigenvalue weighted by molar-refractivity contribution is -0.119. The molecule has 2 N–H and O–H groups in total. The minimum atomic E-state index is 0.175. The van der Waals surface area contributed by atoms with Gasteiger partial charge in [0.25, 0.3) is 0 Å². The van der Waals surface area contributed by atoms with E-state index in [4.69, 9.17) is 0 Å². The Kier molecular flexibility index (Phi) is 3.72. The van der Waals surface area contributed by atoms with E-state index in [2.05, 4.69) is 31.4 Å². The van der Waals surface area contributed by atoms with Gasteiger partial charge in [-0.15, -0.1) is 0 Å². The minimum absolute atomic E-state index is 0.175. The summed E-state index contributed by atoms with van der Waals surface area (Å²) in [6.45, 7) is 7.41. The summed E-state index contributed by atoms with van der Waals surface area (Å²) in [7, 11) is 0. The molecule has 0 spiro atoms. The van der Waals surface area contributed by atoms with Crippen LogP contribution in [-0.4, -0.2) is 24.5 Å². The third-order valence-electron chi connectivity index (χ3n) is 2.32. The van der Waals surface area contributed by atoms with Crippen molar-refractivity contribution in [2.45, 2.75) is 45.7 Å². The molecule has 0 bridgehead atoms. The van der Waals surface area contributed by atoms with Crippen LogP contribution in [0.2, 0.25) is 0 Å². The van der Waals surface area contributed by atoms with Crippen LogP contribution in [0.3, 0.4) is 0 Å². The van der Waals surface area contributed by atoms with Gasteiger partial charge in [-0.1, -0.05) is 13.8 Å². The zero-order valence-corrected chi connectivity index (χ0v) is 8.76. The monoisotopic (exact) mass is 184 g/mol. The maximum absolute atomic E-state index is 10.9. The third-order valence-corrected chi connectivity index (χ3v) is 2.32. The van der Waals surface area contributed by atoms with Crippen molar-refractivity contribution in [3.8, 4) is 0 Å². The highest BCUT2D eigenvalue weighted by Crippen LogP contribution is 2.07. The molecule has 1 rings (SSSR count). The van der Waals surface area contributed by atoms with Gasteiger partial charge in [-0.05, 0) is 19.3 Å². The van der Waals surface area contributed by atoms with E-state index in [1.54, 1.807) is 0 Å². The average Bonchev–Trinajstić information content (AvgIpc) is 2.33. The highest BCUT2D eigenvalue weighted by molar-refractivity contribution is 5.78. The predicted octanol–water partition coefficient (Wildman–Crippen LogP) is 0.899. The number of amides is 1. The van der Waals surface area contributed by atoms with Crippen LogP contribution >= 0.6 is 0 Å². The van der Waals surface area contributed by atoms with Crippen molar-refractivity contribution in [1.82, 2.24) is 10.6 Å². The molecule has 0 aliphatic carbocycles. The largest absolute Gasteiger partial charge is 0.354 e. The van der Waals surface area contributed by atoms with Crippen molar-refractivity contribution < 1.29 is 4.79 Å². The molecule has 1 amide bonds. The first kappa shape index (κ1) is 10.5. The fraction of sp³-hybridized carbons (Fsp3) is 0.900. The maximum Gasteiger partial charge on any atom is 0.221 e. The number of carbonyl (C=O) groups excluding carboxylic acids is 1. The molecule has 0 aromatic rings. The van der Waals surface area contributed by atoms with Gasteiger partial charge >= 0.3 is 0 Å². The van der Waals surface area contributed by atoms with Gasteiger partial charge in [0.2, 0.25) is 5.91 Å². The van der Waals surface area contributed by atoms with Crippen molar-refractivity contribution in [3.63, 3.8) is 0 Å². The number of hydrogen-bond acceptors (Lipinski definition) is 2. The van der Waals surface area contributed by atoms with E-state index in [9.17, 15) is 4.79 Å². The van der Waals surface area contributed by atoms with Gasteiger partial charge in [0, 0.05) is 25.0 Å². The Morgan fingerprint density at radius 1 is 1.54 bits per heavy atom. The van der Waals surface area contributed by atoms with E-state index in [-0.39, 0.29) is 5.91 Å². The van der Waals surface area contributed by atoms with Gasteiger partial charge in [-0.25, -0.2) is 0 Å². The highest BCUT2D eigenvalue weighted by atomic mass is 16.1. The van der Waals surface area contributed by atoms with Crippen LogP contribution in [0.25, 0.3) is 0 Å². The molecule has 2 atom stereocenters. The standard InChI is InChI=1S/C10H20N2O/c1-7(2)4-8(3)12-9-5-10(13)11-6-9/h7-9,12H,4-6H2,1-3H3,(H,11,13). The summed E-state index contributed by atoms with van der Waals surface area (Å²) in [5.41, 5.74) is 0. The molecule has 1 aliphatic rings. The van der Waals surface area contributed by atoms with Gasteiger partial charge in [-0.3, -0.25) is 4.79 Å². The van der Waals surface area contributed by atoms with Crippen molar-refractivity contribution in [1.29, 1.82) is 0 Å². The van der Waals surface area contributed by atoms with Crippen molar-refractivity contribution in [2.24, 2.45) is 5.92 Å². The quantitative estimate of drug-likeness (QED) is 0.681. The van der Waals surface area contributed by atoms with E-state index >= 15 is 0 Å². The molecule has 1 aliphatic heterocycles. The molecule has 1 heterocycles.